The van der Waals surface area contributed by atoms with Crippen LogP contribution in [-0.4, -0.2) is 11.1 Å². The Labute approximate surface area is 109 Å². The van der Waals surface area contributed by atoms with Gasteiger partial charge >= 0.3 is 0 Å². The lowest BCUT2D eigenvalue weighted by molar-refractivity contribution is -0.384. The van der Waals surface area contributed by atoms with Crippen molar-refractivity contribution < 1.29 is 4.92 Å². The first-order valence-corrected chi connectivity index (χ1v) is 6.03. The third-order valence-corrected chi connectivity index (χ3v) is 2.90. The number of benzene rings is 2. The fourth-order valence-electron chi connectivity index (χ4n) is 1.31. The molecule has 0 spiro atoms. The minimum absolute atomic E-state index is 0.0860. The highest BCUT2D eigenvalue weighted by Crippen LogP contribution is 2.18. The fourth-order valence-corrected chi connectivity index (χ4v) is 1.89. The van der Waals surface area contributed by atoms with Gasteiger partial charge in [0.05, 0.1) is 4.92 Å². The van der Waals surface area contributed by atoms with Crippen LogP contribution in [0.25, 0.3) is 0 Å². The van der Waals surface area contributed by atoms with Crippen LogP contribution < -0.4 is 0 Å². The summed E-state index contributed by atoms with van der Waals surface area (Å²) in [6, 6.07) is 16.1. The number of nitro groups is 1. The summed E-state index contributed by atoms with van der Waals surface area (Å²) in [5, 5.41) is 10.5. The average Bonchev–Trinajstić information content (AvgIpc) is 2.40. The van der Waals surface area contributed by atoms with Crippen LogP contribution in [0, 0.1) is 10.1 Å². The maximum Gasteiger partial charge on any atom is 0.269 e. The normalized spacial score (nSPS) is 10.7. The largest absolute Gasteiger partial charge is 0.269 e. The smallest absolute Gasteiger partial charge is 0.258 e. The zero-order valence-corrected chi connectivity index (χ0v) is 10.2. The van der Waals surface area contributed by atoms with Crippen LogP contribution in [0.4, 0.5) is 5.69 Å². The number of rotatable bonds is 4. The van der Waals surface area contributed by atoms with Crippen molar-refractivity contribution in [2.45, 2.75) is 4.90 Å². The number of hydrogen-bond donors (Lipinski definition) is 0. The van der Waals surface area contributed by atoms with Crippen LogP contribution in [0.15, 0.2) is 63.9 Å². The molecule has 0 aliphatic heterocycles. The van der Waals surface area contributed by atoms with Gasteiger partial charge in [-0.3, -0.25) is 10.1 Å². The van der Waals surface area contributed by atoms with E-state index in [1.54, 1.807) is 18.3 Å². The second kappa shape index (κ2) is 5.97. The molecule has 0 amide bonds. The molecule has 18 heavy (non-hydrogen) atoms. The summed E-state index contributed by atoms with van der Waals surface area (Å²) in [7, 11) is 0. The van der Waals surface area contributed by atoms with Gasteiger partial charge in [-0.05, 0) is 29.8 Å². The fraction of sp³-hybridized carbons (Fsp3) is 0. The third-order valence-electron chi connectivity index (χ3n) is 2.21. The molecule has 0 aliphatic carbocycles. The number of hydrogen-bond acceptors (Lipinski definition) is 4. The molecule has 0 saturated heterocycles. The molecule has 0 saturated carbocycles. The maximum atomic E-state index is 10.5. The summed E-state index contributed by atoms with van der Waals surface area (Å²) >= 11 is 1.36. The van der Waals surface area contributed by atoms with Gasteiger partial charge in [0.2, 0.25) is 0 Å². The van der Waals surface area contributed by atoms with E-state index in [0.29, 0.717) is 0 Å². The SMILES string of the molecule is O=[N+]([O-])c1ccc(/C=N/Sc2ccccc2)cc1. The number of nitrogens with zero attached hydrogens (tertiary/aromatic N) is 2. The molecule has 90 valence electrons. The van der Waals surface area contributed by atoms with Crippen LogP contribution in [0.3, 0.4) is 0 Å². The predicted molar refractivity (Wildman–Crippen MR) is 73.0 cm³/mol. The van der Waals surface area contributed by atoms with Gasteiger partial charge in [0, 0.05) is 35.2 Å². The molecular formula is C13H10N2O2S. The van der Waals surface area contributed by atoms with Gasteiger partial charge in [0.15, 0.2) is 0 Å². The summed E-state index contributed by atoms with van der Waals surface area (Å²) in [5.74, 6) is 0. The van der Waals surface area contributed by atoms with E-state index >= 15 is 0 Å². The quantitative estimate of drug-likeness (QED) is 0.363. The molecule has 0 heterocycles. The number of nitro benzene ring substituents is 1. The van der Waals surface area contributed by atoms with Gasteiger partial charge in [-0.25, -0.2) is 4.40 Å². The van der Waals surface area contributed by atoms with Crippen LogP contribution >= 0.6 is 11.9 Å². The zero-order chi connectivity index (χ0) is 12.8. The Bertz CT molecular complexity index is 553. The molecule has 0 unspecified atom stereocenters. The Balaban J connectivity index is 1.99. The second-order valence-electron chi connectivity index (χ2n) is 3.49. The minimum atomic E-state index is -0.417. The van der Waals surface area contributed by atoms with E-state index in [9.17, 15) is 10.1 Å². The summed E-state index contributed by atoms with van der Waals surface area (Å²) < 4.78 is 4.21. The van der Waals surface area contributed by atoms with Gasteiger partial charge in [-0.2, -0.15) is 0 Å². The molecule has 0 aliphatic rings. The zero-order valence-electron chi connectivity index (χ0n) is 9.39. The van der Waals surface area contributed by atoms with Gasteiger partial charge < -0.3 is 0 Å². The third kappa shape index (κ3) is 3.43. The lowest BCUT2D eigenvalue weighted by Crippen LogP contribution is -1.88. The summed E-state index contributed by atoms with van der Waals surface area (Å²) in [4.78, 5) is 11.1. The van der Waals surface area contributed by atoms with Crippen LogP contribution in [0.2, 0.25) is 0 Å². The highest BCUT2D eigenvalue weighted by Gasteiger charge is 2.02. The average molecular weight is 258 g/mol. The summed E-state index contributed by atoms with van der Waals surface area (Å²) in [6.45, 7) is 0. The Kier molecular flexibility index (Phi) is 4.09. The molecular weight excluding hydrogens is 248 g/mol. The molecule has 4 nitrogen and oxygen atoms in total. The minimum Gasteiger partial charge on any atom is -0.258 e. The predicted octanol–water partition coefficient (Wildman–Crippen LogP) is 3.72. The molecule has 2 rings (SSSR count). The first-order chi connectivity index (χ1) is 8.75. The maximum absolute atomic E-state index is 10.5. The molecule has 0 aromatic heterocycles. The lowest BCUT2D eigenvalue weighted by atomic mass is 10.2. The van der Waals surface area contributed by atoms with Crippen LogP contribution in [0.5, 0.6) is 0 Å². The van der Waals surface area contributed by atoms with Crippen molar-refractivity contribution in [2.24, 2.45) is 4.40 Å². The van der Waals surface area contributed by atoms with E-state index in [-0.39, 0.29) is 5.69 Å². The van der Waals surface area contributed by atoms with Gasteiger partial charge in [-0.15, -0.1) is 0 Å². The van der Waals surface area contributed by atoms with E-state index in [1.165, 1.54) is 24.1 Å². The Morgan fingerprint density at radius 2 is 1.72 bits per heavy atom. The van der Waals surface area contributed by atoms with Crippen molar-refractivity contribution in [3.63, 3.8) is 0 Å². The Morgan fingerprint density at radius 1 is 1.06 bits per heavy atom. The van der Waals surface area contributed by atoms with E-state index in [4.69, 9.17) is 0 Å². The van der Waals surface area contributed by atoms with Crippen molar-refractivity contribution in [1.29, 1.82) is 0 Å². The molecule has 2 aromatic carbocycles. The molecule has 0 radical (unpaired) electrons. The topological polar surface area (TPSA) is 55.5 Å². The molecule has 0 bridgehead atoms. The van der Waals surface area contributed by atoms with Crippen molar-refractivity contribution in [1.82, 2.24) is 0 Å². The first-order valence-electron chi connectivity index (χ1n) is 5.25. The van der Waals surface area contributed by atoms with E-state index in [0.717, 1.165) is 10.5 Å². The van der Waals surface area contributed by atoms with E-state index in [2.05, 4.69) is 4.40 Å². The Hall–Kier alpha value is -2.14. The highest BCUT2D eigenvalue weighted by atomic mass is 32.2. The first kappa shape index (κ1) is 12.3. The van der Waals surface area contributed by atoms with Gasteiger partial charge in [0.25, 0.3) is 5.69 Å². The van der Waals surface area contributed by atoms with Crippen LogP contribution in [-0.2, 0) is 0 Å². The van der Waals surface area contributed by atoms with E-state index < -0.39 is 4.92 Å². The monoisotopic (exact) mass is 258 g/mol. The molecule has 5 heteroatoms. The van der Waals surface area contributed by atoms with Crippen molar-refractivity contribution >= 4 is 23.8 Å². The lowest BCUT2D eigenvalue weighted by Gasteiger charge is -1.94. The summed E-state index contributed by atoms with van der Waals surface area (Å²) in [5.41, 5.74) is 0.923. The molecule has 2 aromatic rings. The number of non-ortho nitro benzene ring substituents is 1. The second-order valence-corrected chi connectivity index (χ2v) is 4.35. The highest BCUT2D eigenvalue weighted by molar-refractivity contribution is 7.98. The van der Waals surface area contributed by atoms with Crippen LogP contribution in [0.1, 0.15) is 5.56 Å². The van der Waals surface area contributed by atoms with E-state index in [1.807, 2.05) is 30.3 Å². The van der Waals surface area contributed by atoms with Crippen molar-refractivity contribution in [3.05, 3.63) is 70.3 Å². The Morgan fingerprint density at radius 3 is 2.33 bits per heavy atom. The van der Waals surface area contributed by atoms with Crippen molar-refractivity contribution in [2.75, 3.05) is 0 Å². The molecule has 0 N–H and O–H groups in total. The van der Waals surface area contributed by atoms with Gasteiger partial charge in [0.1, 0.15) is 0 Å². The summed E-state index contributed by atoms with van der Waals surface area (Å²) in [6.07, 6.45) is 1.68. The van der Waals surface area contributed by atoms with Crippen molar-refractivity contribution in [3.8, 4) is 0 Å². The molecule has 0 atom stereocenters. The standard InChI is InChI=1S/C13H10N2O2S/c16-15(17)12-8-6-11(7-9-12)10-14-18-13-4-2-1-3-5-13/h1-10H/b14-10+. The molecule has 0 fully saturated rings. The van der Waals surface area contributed by atoms with Gasteiger partial charge in [-0.1, -0.05) is 18.2 Å².